The molecule has 0 bridgehead atoms. The summed E-state index contributed by atoms with van der Waals surface area (Å²) in [6.45, 7) is 6.71. The third kappa shape index (κ3) is 4.99. The van der Waals surface area contributed by atoms with Gasteiger partial charge >= 0.3 is 0 Å². The van der Waals surface area contributed by atoms with Crippen molar-refractivity contribution in [1.29, 1.82) is 5.26 Å². The second kappa shape index (κ2) is 5.81. The van der Waals surface area contributed by atoms with Crippen LogP contribution in [0.3, 0.4) is 0 Å². The Bertz CT molecular complexity index is 401. The summed E-state index contributed by atoms with van der Waals surface area (Å²) < 4.78 is 0. The van der Waals surface area contributed by atoms with Crippen molar-refractivity contribution >= 4 is 0 Å². The largest absolute Gasteiger partial charge is 0.391 e. The van der Waals surface area contributed by atoms with Crippen LogP contribution in [0.25, 0.3) is 0 Å². The quantitative estimate of drug-likeness (QED) is 0.833. The summed E-state index contributed by atoms with van der Waals surface area (Å²) in [5.74, 6) is 0. The van der Waals surface area contributed by atoms with E-state index in [4.69, 9.17) is 5.26 Å². The van der Waals surface area contributed by atoms with E-state index in [9.17, 15) is 5.11 Å². The molecule has 0 aromatic heterocycles. The highest BCUT2D eigenvalue weighted by Crippen LogP contribution is 2.10. The number of hydrogen-bond acceptors (Lipinski definition) is 3. The molecule has 0 fully saturated rings. The van der Waals surface area contributed by atoms with Gasteiger partial charge in [-0.25, -0.2) is 0 Å². The number of nitrogens with one attached hydrogen (secondary N) is 1. The van der Waals surface area contributed by atoms with Crippen molar-refractivity contribution in [2.24, 2.45) is 0 Å². The number of aliphatic hydroxyl groups is 1. The standard InChI is InChI=1S/C14H20N2O/c1-14(2,3)16-10-13(17)8-11-6-4-5-7-12(11)9-15/h4-7,13,16-17H,8,10H2,1-3H3. The van der Waals surface area contributed by atoms with Crippen molar-refractivity contribution < 1.29 is 5.11 Å². The van der Waals surface area contributed by atoms with Gasteiger partial charge in [0.2, 0.25) is 0 Å². The monoisotopic (exact) mass is 232 g/mol. The average Bonchev–Trinajstić information content (AvgIpc) is 2.26. The molecular weight excluding hydrogens is 212 g/mol. The Morgan fingerprint density at radius 3 is 2.59 bits per heavy atom. The van der Waals surface area contributed by atoms with Gasteiger partial charge in [0, 0.05) is 18.5 Å². The molecule has 0 amide bonds. The first-order chi connectivity index (χ1) is 7.92. The smallest absolute Gasteiger partial charge is 0.0994 e. The molecule has 0 aliphatic carbocycles. The summed E-state index contributed by atoms with van der Waals surface area (Å²) in [5.41, 5.74) is 1.54. The Morgan fingerprint density at radius 1 is 1.35 bits per heavy atom. The summed E-state index contributed by atoms with van der Waals surface area (Å²) in [4.78, 5) is 0. The van der Waals surface area contributed by atoms with Gasteiger partial charge in [-0.3, -0.25) is 0 Å². The van der Waals surface area contributed by atoms with E-state index in [0.29, 0.717) is 18.5 Å². The molecule has 3 nitrogen and oxygen atoms in total. The van der Waals surface area contributed by atoms with Crippen molar-refractivity contribution in [1.82, 2.24) is 5.32 Å². The maximum atomic E-state index is 9.91. The molecule has 92 valence electrons. The highest BCUT2D eigenvalue weighted by molar-refractivity contribution is 5.37. The maximum Gasteiger partial charge on any atom is 0.0994 e. The zero-order valence-corrected chi connectivity index (χ0v) is 10.7. The molecule has 1 atom stereocenters. The van der Waals surface area contributed by atoms with Crippen molar-refractivity contribution in [3.63, 3.8) is 0 Å². The van der Waals surface area contributed by atoms with Gasteiger partial charge in [-0.1, -0.05) is 18.2 Å². The van der Waals surface area contributed by atoms with Gasteiger partial charge in [-0.2, -0.15) is 5.26 Å². The van der Waals surface area contributed by atoms with Crippen LogP contribution in [-0.2, 0) is 6.42 Å². The lowest BCUT2D eigenvalue weighted by Gasteiger charge is -2.23. The molecule has 0 radical (unpaired) electrons. The van der Waals surface area contributed by atoms with Gasteiger partial charge in [-0.15, -0.1) is 0 Å². The Kier molecular flexibility index (Phi) is 4.68. The van der Waals surface area contributed by atoms with Gasteiger partial charge < -0.3 is 10.4 Å². The average molecular weight is 232 g/mol. The van der Waals surface area contributed by atoms with E-state index < -0.39 is 6.10 Å². The number of benzene rings is 1. The van der Waals surface area contributed by atoms with Crippen molar-refractivity contribution in [2.45, 2.75) is 38.8 Å². The lowest BCUT2D eigenvalue weighted by atomic mass is 10.0. The number of hydrogen-bond donors (Lipinski definition) is 2. The van der Waals surface area contributed by atoms with Crippen molar-refractivity contribution in [2.75, 3.05) is 6.54 Å². The van der Waals surface area contributed by atoms with Gasteiger partial charge in [0.05, 0.1) is 17.7 Å². The molecular formula is C14H20N2O. The SMILES string of the molecule is CC(C)(C)NCC(O)Cc1ccccc1C#N. The highest BCUT2D eigenvalue weighted by Gasteiger charge is 2.13. The van der Waals surface area contributed by atoms with Crippen LogP contribution in [0, 0.1) is 11.3 Å². The molecule has 0 aliphatic rings. The van der Waals surface area contributed by atoms with E-state index in [1.54, 1.807) is 6.07 Å². The fourth-order valence-electron chi connectivity index (χ4n) is 1.56. The predicted molar refractivity (Wildman–Crippen MR) is 68.6 cm³/mol. The molecule has 1 unspecified atom stereocenters. The number of nitrogens with zero attached hydrogens (tertiary/aromatic N) is 1. The lowest BCUT2D eigenvalue weighted by molar-refractivity contribution is 0.161. The molecule has 3 heteroatoms. The van der Waals surface area contributed by atoms with E-state index >= 15 is 0 Å². The number of rotatable bonds is 4. The molecule has 0 heterocycles. The van der Waals surface area contributed by atoms with Crippen LogP contribution in [0.15, 0.2) is 24.3 Å². The van der Waals surface area contributed by atoms with Gasteiger partial charge in [-0.05, 0) is 32.4 Å². The fraction of sp³-hybridized carbons (Fsp3) is 0.500. The second-order valence-corrected chi connectivity index (χ2v) is 5.26. The Morgan fingerprint density at radius 2 is 2.00 bits per heavy atom. The van der Waals surface area contributed by atoms with Crippen LogP contribution < -0.4 is 5.32 Å². The Labute approximate surface area is 103 Å². The first-order valence-corrected chi connectivity index (χ1v) is 5.83. The first kappa shape index (κ1) is 13.7. The van der Waals surface area contributed by atoms with Gasteiger partial charge in [0.15, 0.2) is 0 Å². The summed E-state index contributed by atoms with van der Waals surface area (Å²) in [5, 5.41) is 22.1. The molecule has 0 aliphatic heterocycles. The van der Waals surface area contributed by atoms with Crippen LogP contribution >= 0.6 is 0 Å². The normalized spacial score (nSPS) is 13.1. The van der Waals surface area contributed by atoms with Crippen LogP contribution in [-0.4, -0.2) is 23.3 Å². The Hall–Kier alpha value is -1.37. The third-order valence-electron chi connectivity index (χ3n) is 2.46. The van der Waals surface area contributed by atoms with Gasteiger partial charge in [0.1, 0.15) is 0 Å². The van der Waals surface area contributed by atoms with E-state index in [2.05, 4.69) is 32.2 Å². The maximum absolute atomic E-state index is 9.91. The molecule has 1 rings (SSSR count). The summed E-state index contributed by atoms with van der Waals surface area (Å²) in [6.07, 6.45) is 0.0380. The van der Waals surface area contributed by atoms with Crippen molar-refractivity contribution in [3.8, 4) is 6.07 Å². The molecule has 0 saturated carbocycles. The number of aliphatic hydroxyl groups excluding tert-OH is 1. The molecule has 1 aromatic carbocycles. The summed E-state index contributed by atoms with van der Waals surface area (Å²) >= 11 is 0. The highest BCUT2D eigenvalue weighted by atomic mass is 16.3. The number of β-amino-alcohol motifs (C(OH)–C–C–N with tert-alkyl or cyclic N) is 1. The predicted octanol–water partition coefficient (Wildman–Crippen LogP) is 1.85. The molecule has 1 aromatic rings. The minimum atomic E-state index is -0.469. The van der Waals surface area contributed by atoms with E-state index in [-0.39, 0.29) is 5.54 Å². The zero-order chi connectivity index (χ0) is 12.9. The zero-order valence-electron chi connectivity index (χ0n) is 10.7. The van der Waals surface area contributed by atoms with Crippen LogP contribution in [0.5, 0.6) is 0 Å². The molecule has 0 spiro atoms. The molecule has 17 heavy (non-hydrogen) atoms. The minimum Gasteiger partial charge on any atom is -0.391 e. The molecule has 2 N–H and O–H groups in total. The summed E-state index contributed by atoms with van der Waals surface area (Å²) in [6, 6.07) is 9.53. The van der Waals surface area contributed by atoms with E-state index in [1.807, 2.05) is 18.2 Å². The third-order valence-corrected chi connectivity index (χ3v) is 2.46. The molecule has 0 saturated heterocycles. The second-order valence-electron chi connectivity index (χ2n) is 5.26. The summed E-state index contributed by atoms with van der Waals surface area (Å²) in [7, 11) is 0. The van der Waals surface area contributed by atoms with Crippen LogP contribution in [0.1, 0.15) is 31.9 Å². The number of nitriles is 1. The Balaban J connectivity index is 2.57. The first-order valence-electron chi connectivity index (χ1n) is 5.83. The fourth-order valence-corrected chi connectivity index (χ4v) is 1.56. The van der Waals surface area contributed by atoms with Crippen molar-refractivity contribution in [3.05, 3.63) is 35.4 Å². The lowest BCUT2D eigenvalue weighted by Crippen LogP contribution is -2.41. The topological polar surface area (TPSA) is 56.0 Å². The minimum absolute atomic E-state index is 0.00424. The van der Waals surface area contributed by atoms with Crippen LogP contribution in [0.2, 0.25) is 0 Å². The van der Waals surface area contributed by atoms with Gasteiger partial charge in [0.25, 0.3) is 0 Å². The van der Waals surface area contributed by atoms with Crippen LogP contribution in [0.4, 0.5) is 0 Å². The van der Waals surface area contributed by atoms with E-state index in [0.717, 1.165) is 5.56 Å². The van der Waals surface area contributed by atoms with E-state index in [1.165, 1.54) is 0 Å².